The third-order valence-corrected chi connectivity index (χ3v) is 7.89. The van der Waals surface area contributed by atoms with Gasteiger partial charge in [0.1, 0.15) is 6.04 Å². The van der Waals surface area contributed by atoms with Crippen molar-refractivity contribution in [3.05, 3.63) is 59.7 Å². The second-order valence-electron chi connectivity index (χ2n) is 10.1. The van der Waals surface area contributed by atoms with E-state index < -0.39 is 23.5 Å². The van der Waals surface area contributed by atoms with Crippen LogP contribution in [0, 0.1) is 5.41 Å². The molecule has 6 heteroatoms. The molecule has 0 amide bonds. The summed E-state index contributed by atoms with van der Waals surface area (Å²) < 4.78 is 11.9. The molecule has 1 aliphatic carbocycles. The maximum Gasteiger partial charge on any atom is 0.321 e. The van der Waals surface area contributed by atoms with Crippen LogP contribution in [0.25, 0.3) is 0 Å². The van der Waals surface area contributed by atoms with Gasteiger partial charge in [0.15, 0.2) is 11.5 Å². The Hall–Kier alpha value is -2.57. The minimum Gasteiger partial charge on any atom is -0.493 e. The highest BCUT2D eigenvalue weighted by Gasteiger charge is 2.49. The average molecular weight is 468 g/mol. The minimum absolute atomic E-state index is 0.0399. The van der Waals surface area contributed by atoms with Crippen LogP contribution in [0.1, 0.15) is 56.6 Å². The fraction of sp³-hybridized carbons (Fsp3) is 0.536. The quantitative estimate of drug-likeness (QED) is 0.565. The predicted molar refractivity (Wildman–Crippen MR) is 132 cm³/mol. The smallest absolute Gasteiger partial charge is 0.321 e. The van der Waals surface area contributed by atoms with E-state index in [4.69, 9.17) is 9.47 Å². The van der Waals surface area contributed by atoms with Crippen LogP contribution in [-0.2, 0) is 11.2 Å². The minimum atomic E-state index is -0.836. The number of benzene rings is 2. The number of nitrogens with zero attached hydrogens (tertiary/aromatic N) is 1. The van der Waals surface area contributed by atoms with Crippen LogP contribution in [-0.4, -0.2) is 59.5 Å². The van der Waals surface area contributed by atoms with Crippen molar-refractivity contribution in [2.75, 3.05) is 20.2 Å². The van der Waals surface area contributed by atoms with Crippen molar-refractivity contribution in [3.8, 4) is 11.5 Å². The number of rotatable bonds is 9. The van der Waals surface area contributed by atoms with Gasteiger partial charge in [0.25, 0.3) is 0 Å². The van der Waals surface area contributed by atoms with Gasteiger partial charge in [-0.3, -0.25) is 9.69 Å². The summed E-state index contributed by atoms with van der Waals surface area (Å²) in [7, 11) is 1.65. The second kappa shape index (κ2) is 10.4. The van der Waals surface area contributed by atoms with Crippen molar-refractivity contribution < 1.29 is 24.5 Å². The molecule has 4 atom stereocenters. The standard InChI is InChI=1S/C28H37NO5/c1-19(30)28(2)18-29(24(27(31)32)15-20-9-5-4-6-10-20)17-23(28)21-13-14-25(33-3)26(16-21)34-22-11-7-8-12-22/h4-6,9-10,13-14,16,19,22-24,30H,7-8,11-12,15,17-18H2,1-3H3,(H,31,32)/t19-,23+,24?,28+/m1/s1. The summed E-state index contributed by atoms with van der Waals surface area (Å²) in [5.74, 6) is 0.563. The molecule has 0 aromatic heterocycles. The van der Waals surface area contributed by atoms with Crippen molar-refractivity contribution in [2.45, 2.75) is 70.1 Å². The summed E-state index contributed by atoms with van der Waals surface area (Å²) >= 11 is 0. The fourth-order valence-electron chi connectivity index (χ4n) is 5.60. The van der Waals surface area contributed by atoms with Gasteiger partial charge in [-0.15, -0.1) is 0 Å². The van der Waals surface area contributed by atoms with Crippen LogP contribution < -0.4 is 9.47 Å². The average Bonchev–Trinajstić information content (AvgIpc) is 3.46. The molecule has 2 N–H and O–H groups in total. The number of aliphatic hydroxyl groups is 1. The third kappa shape index (κ3) is 5.08. The van der Waals surface area contributed by atoms with Crippen LogP contribution in [0.5, 0.6) is 11.5 Å². The highest BCUT2D eigenvalue weighted by Crippen LogP contribution is 2.47. The van der Waals surface area contributed by atoms with Gasteiger partial charge in [-0.05, 0) is 62.3 Å². The lowest BCUT2D eigenvalue weighted by atomic mass is 9.72. The molecule has 0 bridgehead atoms. The first kappa shape index (κ1) is 24.6. The van der Waals surface area contributed by atoms with E-state index in [0.29, 0.717) is 25.3 Å². The fourth-order valence-corrected chi connectivity index (χ4v) is 5.60. The van der Waals surface area contributed by atoms with E-state index in [9.17, 15) is 15.0 Å². The summed E-state index contributed by atoms with van der Waals surface area (Å²) in [6.07, 6.45) is 4.50. The van der Waals surface area contributed by atoms with Gasteiger partial charge in [-0.2, -0.15) is 0 Å². The number of aliphatic carboxylic acids is 1. The molecule has 34 heavy (non-hydrogen) atoms. The molecule has 1 aliphatic heterocycles. The van der Waals surface area contributed by atoms with Gasteiger partial charge in [0.2, 0.25) is 0 Å². The van der Waals surface area contributed by atoms with Gasteiger partial charge in [-0.1, -0.05) is 43.3 Å². The zero-order chi connectivity index (χ0) is 24.3. The largest absolute Gasteiger partial charge is 0.493 e. The monoisotopic (exact) mass is 467 g/mol. The van der Waals surface area contributed by atoms with Crippen LogP contribution >= 0.6 is 0 Å². The van der Waals surface area contributed by atoms with E-state index in [1.54, 1.807) is 7.11 Å². The molecule has 0 radical (unpaired) electrons. The number of hydrogen-bond acceptors (Lipinski definition) is 5. The molecule has 1 saturated heterocycles. The van der Waals surface area contributed by atoms with Gasteiger partial charge in [-0.25, -0.2) is 0 Å². The van der Waals surface area contributed by atoms with Gasteiger partial charge in [0.05, 0.1) is 19.3 Å². The number of likely N-dealkylation sites (tertiary alicyclic amines) is 1. The Morgan fingerprint density at radius 2 is 1.85 bits per heavy atom. The van der Waals surface area contributed by atoms with Gasteiger partial charge in [0, 0.05) is 24.4 Å². The number of ether oxygens (including phenoxy) is 2. The molecule has 0 spiro atoms. The molecule has 2 fully saturated rings. The summed E-state index contributed by atoms with van der Waals surface area (Å²) in [5, 5.41) is 20.9. The molecule has 2 aliphatic rings. The Balaban J connectivity index is 1.63. The first-order valence-electron chi connectivity index (χ1n) is 12.3. The van der Waals surface area contributed by atoms with E-state index in [0.717, 1.165) is 29.7 Å². The van der Waals surface area contributed by atoms with Crippen molar-refractivity contribution in [1.29, 1.82) is 0 Å². The molecule has 184 valence electrons. The number of methoxy groups -OCH3 is 1. The van der Waals surface area contributed by atoms with Crippen molar-refractivity contribution in [3.63, 3.8) is 0 Å². The molecule has 1 unspecified atom stereocenters. The number of carboxylic acids is 1. The highest BCUT2D eigenvalue weighted by molar-refractivity contribution is 5.74. The lowest BCUT2D eigenvalue weighted by Crippen LogP contribution is -2.43. The number of carbonyl (C=O) groups is 1. The van der Waals surface area contributed by atoms with Crippen molar-refractivity contribution in [2.24, 2.45) is 5.41 Å². The Morgan fingerprint density at radius 3 is 2.47 bits per heavy atom. The molecular formula is C28H37NO5. The molecule has 1 saturated carbocycles. The number of aliphatic hydroxyl groups excluding tert-OH is 1. The second-order valence-corrected chi connectivity index (χ2v) is 10.1. The Bertz CT molecular complexity index is 972. The first-order chi connectivity index (χ1) is 16.3. The zero-order valence-corrected chi connectivity index (χ0v) is 20.4. The van der Waals surface area contributed by atoms with Crippen LogP contribution in [0.4, 0.5) is 0 Å². The first-order valence-corrected chi connectivity index (χ1v) is 12.3. The maximum absolute atomic E-state index is 12.3. The SMILES string of the molecule is COc1ccc([C@@H]2CN(C(Cc3ccccc3)C(=O)O)C[C@@]2(C)[C@@H](C)O)cc1OC1CCCC1. The lowest BCUT2D eigenvalue weighted by Gasteiger charge is -2.34. The molecule has 1 heterocycles. The molecule has 2 aromatic carbocycles. The van der Waals surface area contributed by atoms with Crippen LogP contribution in [0.2, 0.25) is 0 Å². The predicted octanol–water partition coefficient (Wildman–Crippen LogP) is 4.50. The molecule has 2 aromatic rings. The topological polar surface area (TPSA) is 79.2 Å². The Kier molecular flexibility index (Phi) is 7.48. The van der Waals surface area contributed by atoms with E-state index in [-0.39, 0.29) is 12.0 Å². The summed E-state index contributed by atoms with van der Waals surface area (Å²) in [6.45, 7) is 4.93. The molecule has 6 nitrogen and oxygen atoms in total. The van der Waals surface area contributed by atoms with Gasteiger partial charge < -0.3 is 19.7 Å². The summed E-state index contributed by atoms with van der Waals surface area (Å²) in [6, 6.07) is 15.1. The Labute approximate surface area is 202 Å². The van der Waals surface area contributed by atoms with E-state index in [1.807, 2.05) is 60.4 Å². The zero-order valence-electron chi connectivity index (χ0n) is 20.4. The van der Waals surface area contributed by atoms with Crippen molar-refractivity contribution >= 4 is 5.97 Å². The van der Waals surface area contributed by atoms with E-state index >= 15 is 0 Å². The molecule has 4 rings (SSSR count). The van der Waals surface area contributed by atoms with Crippen molar-refractivity contribution in [1.82, 2.24) is 4.90 Å². The highest BCUT2D eigenvalue weighted by atomic mass is 16.5. The van der Waals surface area contributed by atoms with Crippen LogP contribution in [0.15, 0.2) is 48.5 Å². The number of carboxylic acid groups (broad SMARTS) is 1. The Morgan fingerprint density at radius 1 is 1.15 bits per heavy atom. The normalized spacial score (nSPS) is 25.2. The van der Waals surface area contributed by atoms with Crippen LogP contribution in [0.3, 0.4) is 0 Å². The van der Waals surface area contributed by atoms with Gasteiger partial charge >= 0.3 is 5.97 Å². The van der Waals surface area contributed by atoms with E-state index in [2.05, 4.69) is 6.92 Å². The summed E-state index contributed by atoms with van der Waals surface area (Å²) in [5.41, 5.74) is 1.54. The molecular weight excluding hydrogens is 430 g/mol. The number of hydrogen-bond donors (Lipinski definition) is 2. The summed E-state index contributed by atoms with van der Waals surface area (Å²) in [4.78, 5) is 14.3. The third-order valence-electron chi connectivity index (χ3n) is 7.89. The lowest BCUT2D eigenvalue weighted by molar-refractivity contribution is -0.143. The van der Waals surface area contributed by atoms with E-state index in [1.165, 1.54) is 12.8 Å². The maximum atomic E-state index is 12.3.